The number of benzene rings is 1. The molecule has 0 spiro atoms. The second kappa shape index (κ2) is 3.08. The third-order valence-electron chi connectivity index (χ3n) is 2.31. The van der Waals surface area contributed by atoms with Crippen LogP contribution in [-0.4, -0.2) is 17.8 Å². The van der Waals surface area contributed by atoms with Gasteiger partial charge >= 0.3 is 0 Å². The monoisotopic (exact) mass is 174 g/mol. The highest BCUT2D eigenvalue weighted by atomic mass is 16.3. The van der Waals surface area contributed by atoms with Crippen LogP contribution in [0, 0.1) is 11.3 Å². The molecule has 66 valence electrons. The molecule has 1 heterocycles. The molecule has 0 aromatic heterocycles. The topological polar surface area (TPSA) is 56.0 Å². The smallest absolute Gasteiger partial charge is 0.101 e. The maximum atomic E-state index is 8.96. The normalized spacial score (nSPS) is 18.9. The standard InChI is InChI=1S/C10H10N2O/c11-5-8-3-1-2-7-4-9(6-13)12-10(7)8/h1-3,9,12-13H,4,6H2. The van der Waals surface area contributed by atoms with Gasteiger partial charge < -0.3 is 10.4 Å². The Labute approximate surface area is 76.6 Å². The Bertz CT molecular complexity index is 368. The molecule has 3 nitrogen and oxygen atoms in total. The van der Waals surface area contributed by atoms with E-state index in [1.807, 2.05) is 12.1 Å². The fourth-order valence-corrected chi connectivity index (χ4v) is 1.66. The van der Waals surface area contributed by atoms with Crippen LogP contribution in [-0.2, 0) is 6.42 Å². The molecule has 0 saturated carbocycles. The molecule has 13 heavy (non-hydrogen) atoms. The van der Waals surface area contributed by atoms with Gasteiger partial charge in [0.25, 0.3) is 0 Å². The van der Waals surface area contributed by atoms with E-state index >= 15 is 0 Å². The molecule has 1 atom stereocenters. The molecule has 1 aliphatic heterocycles. The van der Waals surface area contributed by atoms with E-state index in [1.54, 1.807) is 6.07 Å². The average Bonchev–Trinajstić information content (AvgIpc) is 2.59. The zero-order valence-electron chi connectivity index (χ0n) is 7.12. The number of hydrogen-bond donors (Lipinski definition) is 2. The van der Waals surface area contributed by atoms with Gasteiger partial charge in [-0.2, -0.15) is 5.26 Å². The van der Waals surface area contributed by atoms with Crippen LogP contribution in [0.15, 0.2) is 18.2 Å². The Morgan fingerprint density at radius 1 is 1.62 bits per heavy atom. The van der Waals surface area contributed by atoms with E-state index in [1.165, 1.54) is 0 Å². The SMILES string of the molecule is N#Cc1cccc2c1NC(CO)C2. The number of nitrogens with one attached hydrogen (secondary N) is 1. The van der Waals surface area contributed by atoms with Crippen molar-refractivity contribution in [2.75, 3.05) is 11.9 Å². The van der Waals surface area contributed by atoms with Crippen LogP contribution in [0.2, 0.25) is 0 Å². The fraction of sp³-hybridized carbons (Fsp3) is 0.300. The number of nitrogens with zero attached hydrogens (tertiary/aromatic N) is 1. The minimum absolute atomic E-state index is 0.0736. The minimum Gasteiger partial charge on any atom is -0.394 e. The maximum Gasteiger partial charge on any atom is 0.101 e. The van der Waals surface area contributed by atoms with Gasteiger partial charge in [-0.3, -0.25) is 0 Å². The van der Waals surface area contributed by atoms with Crippen molar-refractivity contribution in [2.24, 2.45) is 0 Å². The molecule has 0 aliphatic carbocycles. The summed E-state index contributed by atoms with van der Waals surface area (Å²) in [7, 11) is 0. The molecule has 0 fully saturated rings. The Balaban J connectivity index is 2.40. The zero-order chi connectivity index (χ0) is 9.26. The van der Waals surface area contributed by atoms with Gasteiger partial charge in [0.1, 0.15) is 6.07 Å². The van der Waals surface area contributed by atoms with Crippen molar-refractivity contribution in [3.05, 3.63) is 29.3 Å². The lowest BCUT2D eigenvalue weighted by atomic mass is 10.1. The van der Waals surface area contributed by atoms with Crippen LogP contribution in [0.3, 0.4) is 0 Å². The number of aliphatic hydroxyl groups is 1. The number of aliphatic hydroxyl groups excluding tert-OH is 1. The van der Waals surface area contributed by atoms with E-state index < -0.39 is 0 Å². The predicted octanol–water partition coefficient (Wildman–Crippen LogP) is 0.887. The molecule has 3 heteroatoms. The lowest BCUT2D eigenvalue weighted by Gasteiger charge is -2.06. The van der Waals surface area contributed by atoms with E-state index in [9.17, 15) is 0 Å². The lowest BCUT2D eigenvalue weighted by Crippen LogP contribution is -2.19. The third kappa shape index (κ3) is 1.25. The van der Waals surface area contributed by atoms with Crippen LogP contribution in [0.5, 0.6) is 0 Å². The summed E-state index contributed by atoms with van der Waals surface area (Å²) in [5, 5.41) is 20.9. The molecule has 1 aromatic rings. The molecule has 2 N–H and O–H groups in total. The zero-order valence-corrected chi connectivity index (χ0v) is 7.12. The summed E-state index contributed by atoms with van der Waals surface area (Å²) in [5.41, 5.74) is 2.68. The quantitative estimate of drug-likeness (QED) is 0.664. The highest BCUT2D eigenvalue weighted by molar-refractivity contribution is 5.66. The first kappa shape index (κ1) is 8.09. The van der Waals surface area contributed by atoms with Gasteiger partial charge in [-0.25, -0.2) is 0 Å². The van der Waals surface area contributed by atoms with Gasteiger partial charge in [0.2, 0.25) is 0 Å². The molecular weight excluding hydrogens is 164 g/mol. The second-order valence-electron chi connectivity index (χ2n) is 3.18. The molecular formula is C10H10N2O. The summed E-state index contributed by atoms with van der Waals surface area (Å²) in [6.45, 7) is 0.111. The van der Waals surface area contributed by atoms with Gasteiger partial charge in [-0.1, -0.05) is 12.1 Å². The largest absolute Gasteiger partial charge is 0.394 e. The van der Waals surface area contributed by atoms with Crippen molar-refractivity contribution in [1.82, 2.24) is 0 Å². The Morgan fingerprint density at radius 2 is 2.46 bits per heavy atom. The Morgan fingerprint density at radius 3 is 3.15 bits per heavy atom. The molecule has 1 aromatic carbocycles. The first-order valence-corrected chi connectivity index (χ1v) is 4.24. The lowest BCUT2D eigenvalue weighted by molar-refractivity contribution is 0.277. The van der Waals surface area contributed by atoms with E-state index in [2.05, 4.69) is 11.4 Å². The predicted molar refractivity (Wildman–Crippen MR) is 49.4 cm³/mol. The van der Waals surface area contributed by atoms with Gasteiger partial charge in [0.05, 0.1) is 23.9 Å². The molecule has 2 rings (SSSR count). The fourth-order valence-electron chi connectivity index (χ4n) is 1.66. The summed E-state index contributed by atoms with van der Waals surface area (Å²) >= 11 is 0. The van der Waals surface area contributed by atoms with Crippen LogP contribution in [0.1, 0.15) is 11.1 Å². The molecule has 0 saturated heterocycles. The van der Waals surface area contributed by atoms with Crippen LogP contribution < -0.4 is 5.32 Å². The number of hydrogen-bond acceptors (Lipinski definition) is 3. The van der Waals surface area contributed by atoms with Crippen LogP contribution in [0.4, 0.5) is 5.69 Å². The Hall–Kier alpha value is -1.53. The van der Waals surface area contributed by atoms with E-state index in [0.717, 1.165) is 17.7 Å². The number of para-hydroxylation sites is 1. The van der Waals surface area contributed by atoms with Gasteiger partial charge in [0, 0.05) is 0 Å². The van der Waals surface area contributed by atoms with Crippen LogP contribution >= 0.6 is 0 Å². The first-order valence-electron chi connectivity index (χ1n) is 4.24. The second-order valence-corrected chi connectivity index (χ2v) is 3.18. The molecule has 1 unspecified atom stereocenters. The third-order valence-corrected chi connectivity index (χ3v) is 2.31. The van der Waals surface area contributed by atoms with Gasteiger partial charge in [0.15, 0.2) is 0 Å². The van der Waals surface area contributed by atoms with E-state index in [0.29, 0.717) is 5.56 Å². The van der Waals surface area contributed by atoms with E-state index in [-0.39, 0.29) is 12.6 Å². The molecule has 0 bridgehead atoms. The van der Waals surface area contributed by atoms with Crippen molar-refractivity contribution >= 4 is 5.69 Å². The molecule has 1 aliphatic rings. The van der Waals surface area contributed by atoms with Crippen molar-refractivity contribution in [2.45, 2.75) is 12.5 Å². The highest BCUT2D eigenvalue weighted by Gasteiger charge is 2.21. The summed E-state index contributed by atoms with van der Waals surface area (Å²) in [6.07, 6.45) is 0.807. The average molecular weight is 174 g/mol. The number of rotatable bonds is 1. The Kier molecular flexibility index (Phi) is 1.91. The summed E-state index contributed by atoms with van der Waals surface area (Å²) in [6, 6.07) is 7.84. The highest BCUT2D eigenvalue weighted by Crippen LogP contribution is 2.28. The number of anilines is 1. The van der Waals surface area contributed by atoms with Crippen molar-refractivity contribution < 1.29 is 5.11 Å². The maximum absolute atomic E-state index is 8.96. The van der Waals surface area contributed by atoms with Crippen LogP contribution in [0.25, 0.3) is 0 Å². The number of fused-ring (bicyclic) bond motifs is 1. The van der Waals surface area contributed by atoms with Gasteiger partial charge in [-0.15, -0.1) is 0 Å². The van der Waals surface area contributed by atoms with Crippen molar-refractivity contribution in [3.8, 4) is 6.07 Å². The molecule has 0 amide bonds. The van der Waals surface area contributed by atoms with Crippen molar-refractivity contribution in [1.29, 1.82) is 5.26 Å². The minimum atomic E-state index is 0.0736. The van der Waals surface area contributed by atoms with Gasteiger partial charge in [-0.05, 0) is 18.1 Å². The van der Waals surface area contributed by atoms with Crippen molar-refractivity contribution in [3.63, 3.8) is 0 Å². The van der Waals surface area contributed by atoms with E-state index in [4.69, 9.17) is 10.4 Å². The summed E-state index contributed by atoms with van der Waals surface area (Å²) < 4.78 is 0. The summed E-state index contributed by atoms with van der Waals surface area (Å²) in [5.74, 6) is 0. The first-order chi connectivity index (χ1) is 6.35. The molecule has 0 radical (unpaired) electrons. The summed E-state index contributed by atoms with van der Waals surface area (Å²) in [4.78, 5) is 0. The number of nitriles is 1.